The molecule has 3 heterocycles. The van der Waals surface area contributed by atoms with Gasteiger partial charge < -0.3 is 25.8 Å². The van der Waals surface area contributed by atoms with E-state index in [2.05, 4.69) is 30.8 Å². The highest BCUT2D eigenvalue weighted by Gasteiger charge is 2.37. The smallest absolute Gasteiger partial charge is 0.284 e. The normalized spacial score (nSPS) is 21.5. The number of carbonyl (C=O) groups excluding carboxylic acids is 3. The number of pyridine rings is 1. The minimum absolute atomic E-state index is 0.0135. The van der Waals surface area contributed by atoms with E-state index in [1.54, 1.807) is 31.1 Å². The molecule has 2 aromatic heterocycles. The predicted molar refractivity (Wildman–Crippen MR) is 147 cm³/mol. The van der Waals surface area contributed by atoms with Crippen LogP contribution < -0.4 is 16.0 Å². The van der Waals surface area contributed by atoms with Gasteiger partial charge in [-0.15, -0.1) is 11.3 Å². The Morgan fingerprint density at radius 1 is 1.19 bits per heavy atom. The van der Waals surface area contributed by atoms with Crippen LogP contribution in [0, 0.1) is 5.92 Å². The summed E-state index contributed by atoms with van der Waals surface area (Å²) in [6.45, 7) is 1.69. The lowest BCUT2D eigenvalue weighted by molar-refractivity contribution is -0.134. The Kier molecular flexibility index (Phi) is 8.73. The zero-order valence-corrected chi connectivity index (χ0v) is 23.3. The summed E-state index contributed by atoms with van der Waals surface area (Å²) < 4.78 is 0. The van der Waals surface area contributed by atoms with Crippen molar-refractivity contribution in [2.75, 3.05) is 33.0 Å². The number of hydrogen-bond acceptors (Lipinski definition) is 8. The number of nitrogens with one attached hydrogen (secondary N) is 3. The number of thiazole rings is 1. The van der Waals surface area contributed by atoms with Crippen molar-refractivity contribution in [3.8, 4) is 0 Å². The summed E-state index contributed by atoms with van der Waals surface area (Å²) in [6, 6.07) is 2.45. The monoisotopic (exact) mass is 563 g/mol. The van der Waals surface area contributed by atoms with E-state index < -0.39 is 11.9 Å². The van der Waals surface area contributed by atoms with Crippen LogP contribution in [0.4, 0.5) is 5.82 Å². The fourth-order valence-electron chi connectivity index (χ4n) is 4.60. The molecule has 0 aromatic carbocycles. The molecule has 0 unspecified atom stereocenters. The number of fused-ring (bicyclic) bond motifs is 1. The maximum atomic E-state index is 13.2. The van der Waals surface area contributed by atoms with E-state index in [4.69, 9.17) is 23.8 Å². The second-order valence-corrected chi connectivity index (χ2v) is 11.5. The Morgan fingerprint density at radius 3 is 2.68 bits per heavy atom. The average molecular weight is 564 g/mol. The summed E-state index contributed by atoms with van der Waals surface area (Å²) in [7, 11) is 5.49. The van der Waals surface area contributed by atoms with Crippen molar-refractivity contribution in [3.63, 3.8) is 0 Å². The van der Waals surface area contributed by atoms with Crippen LogP contribution in [-0.2, 0) is 22.6 Å². The van der Waals surface area contributed by atoms with Gasteiger partial charge in [-0.05, 0) is 38.4 Å². The van der Waals surface area contributed by atoms with Gasteiger partial charge in [0.1, 0.15) is 5.82 Å². The summed E-state index contributed by atoms with van der Waals surface area (Å²) in [5.74, 6) is -0.700. The van der Waals surface area contributed by atoms with Crippen LogP contribution in [0.25, 0.3) is 0 Å². The van der Waals surface area contributed by atoms with E-state index in [0.717, 1.165) is 30.1 Å². The zero-order valence-electron chi connectivity index (χ0n) is 20.9. The Morgan fingerprint density at radius 2 is 1.97 bits per heavy atom. The molecule has 4 rings (SSSR count). The molecule has 10 nitrogen and oxygen atoms in total. The molecular formula is C24H30ClN7O3S2. The Balaban J connectivity index is 1.45. The lowest BCUT2D eigenvalue weighted by Gasteiger charge is -2.37. The number of nitrogens with zero attached hydrogens (tertiary/aromatic N) is 4. The molecule has 198 valence electrons. The van der Waals surface area contributed by atoms with Gasteiger partial charge in [0.25, 0.3) is 11.8 Å². The van der Waals surface area contributed by atoms with Crippen molar-refractivity contribution in [3.05, 3.63) is 38.9 Å². The quantitative estimate of drug-likeness (QED) is 0.473. The molecule has 1 aliphatic carbocycles. The number of rotatable bonds is 5. The zero-order chi connectivity index (χ0) is 26.7. The predicted octanol–water partition coefficient (Wildman–Crippen LogP) is 2.09. The molecule has 2 aromatic rings. The van der Waals surface area contributed by atoms with E-state index in [1.807, 2.05) is 7.05 Å². The molecule has 1 aliphatic heterocycles. The van der Waals surface area contributed by atoms with Crippen molar-refractivity contribution >= 4 is 63.7 Å². The standard InChI is InChI=1S/C24H30ClN7O3S2/c1-31(2)24(35)13-4-6-15(28-22(36)20(33)30-19-7-5-14(25)11-26-19)17(10-13)27-21(34)23-29-16-8-9-32(3)12-18(16)37-23/h5,7,11,13,15,17H,4,6,8-10,12H2,1-3H3,(H,27,34)(H,28,36)(H,26,30,33)/t13-,15-,17+/m0/s1. The summed E-state index contributed by atoms with van der Waals surface area (Å²) in [5, 5.41) is 9.68. The van der Waals surface area contributed by atoms with Gasteiger partial charge in [-0.25, -0.2) is 9.97 Å². The topological polar surface area (TPSA) is 120 Å². The lowest BCUT2D eigenvalue weighted by atomic mass is 9.81. The van der Waals surface area contributed by atoms with Crippen LogP contribution in [0.1, 0.15) is 39.6 Å². The Hall–Kier alpha value is -2.67. The molecule has 3 N–H and O–H groups in total. The first-order chi connectivity index (χ1) is 17.6. The first kappa shape index (κ1) is 27.4. The summed E-state index contributed by atoms with van der Waals surface area (Å²) >= 11 is 12.6. The molecule has 1 fully saturated rings. The molecule has 3 atom stereocenters. The Bertz CT molecular complexity index is 1190. The first-order valence-electron chi connectivity index (χ1n) is 12.0. The molecular weight excluding hydrogens is 534 g/mol. The second kappa shape index (κ2) is 11.8. The van der Waals surface area contributed by atoms with Crippen molar-refractivity contribution < 1.29 is 14.4 Å². The molecule has 0 radical (unpaired) electrons. The van der Waals surface area contributed by atoms with E-state index in [-0.39, 0.29) is 28.8 Å². The van der Waals surface area contributed by atoms with Crippen LogP contribution in [0.15, 0.2) is 18.3 Å². The van der Waals surface area contributed by atoms with Crippen LogP contribution in [0.2, 0.25) is 5.02 Å². The van der Waals surface area contributed by atoms with Crippen LogP contribution >= 0.6 is 35.2 Å². The first-order valence-corrected chi connectivity index (χ1v) is 13.6. The molecule has 3 amide bonds. The highest BCUT2D eigenvalue weighted by molar-refractivity contribution is 7.82. The van der Waals surface area contributed by atoms with Crippen molar-refractivity contribution in [1.29, 1.82) is 0 Å². The van der Waals surface area contributed by atoms with Gasteiger partial charge in [-0.2, -0.15) is 0 Å². The van der Waals surface area contributed by atoms with Crippen molar-refractivity contribution in [2.24, 2.45) is 5.92 Å². The molecule has 37 heavy (non-hydrogen) atoms. The highest BCUT2D eigenvalue weighted by atomic mass is 35.5. The summed E-state index contributed by atoms with van der Waals surface area (Å²) in [4.78, 5) is 52.1. The molecule has 13 heteroatoms. The number of halogens is 1. The van der Waals surface area contributed by atoms with E-state index in [1.165, 1.54) is 17.5 Å². The van der Waals surface area contributed by atoms with E-state index in [9.17, 15) is 14.4 Å². The number of carbonyl (C=O) groups is 3. The number of aromatic nitrogens is 2. The van der Waals surface area contributed by atoms with Crippen molar-refractivity contribution in [1.82, 2.24) is 30.4 Å². The molecule has 0 spiro atoms. The maximum absolute atomic E-state index is 13.2. The van der Waals surface area contributed by atoms with Gasteiger partial charge in [-0.3, -0.25) is 14.4 Å². The minimum atomic E-state index is -0.516. The maximum Gasteiger partial charge on any atom is 0.284 e. The highest BCUT2D eigenvalue weighted by Crippen LogP contribution is 2.28. The number of thiocarbonyl (C=S) groups is 1. The lowest BCUT2D eigenvalue weighted by Crippen LogP contribution is -2.56. The number of likely N-dealkylation sites (N-methyl/N-ethyl adjacent to an activating group) is 1. The van der Waals surface area contributed by atoms with Gasteiger partial charge in [0.05, 0.1) is 16.8 Å². The van der Waals surface area contributed by atoms with Gasteiger partial charge in [-0.1, -0.05) is 23.8 Å². The van der Waals surface area contributed by atoms with Crippen LogP contribution in [-0.4, -0.2) is 82.2 Å². The fraction of sp³-hybridized carbons (Fsp3) is 0.500. The number of anilines is 1. The van der Waals surface area contributed by atoms with Crippen molar-refractivity contribution in [2.45, 2.75) is 44.3 Å². The average Bonchev–Trinajstić information content (AvgIpc) is 3.29. The van der Waals surface area contributed by atoms with Crippen LogP contribution in [0.3, 0.4) is 0 Å². The number of hydrogen-bond donors (Lipinski definition) is 3. The molecule has 0 saturated heterocycles. The number of amides is 3. The van der Waals surface area contributed by atoms with Crippen LogP contribution in [0.5, 0.6) is 0 Å². The van der Waals surface area contributed by atoms with Gasteiger partial charge in [0.2, 0.25) is 5.91 Å². The fourth-order valence-corrected chi connectivity index (χ4v) is 6.00. The summed E-state index contributed by atoms with van der Waals surface area (Å²) in [5.41, 5.74) is 0.973. The molecule has 0 bridgehead atoms. The van der Waals surface area contributed by atoms with E-state index in [0.29, 0.717) is 35.1 Å². The summed E-state index contributed by atoms with van der Waals surface area (Å²) in [6.07, 6.45) is 3.84. The molecule has 2 aliphatic rings. The third-order valence-corrected chi connectivity index (χ3v) is 8.17. The second-order valence-electron chi connectivity index (χ2n) is 9.60. The van der Waals surface area contributed by atoms with E-state index >= 15 is 0 Å². The SMILES string of the molecule is CN1CCc2nc(C(=O)N[C@@H]3C[C@@H](C(=O)N(C)C)CC[C@@H]3NC(=S)C(=O)Nc3ccc(Cl)cn3)sc2C1. The third-order valence-electron chi connectivity index (χ3n) is 6.56. The van der Waals surface area contributed by atoms with Gasteiger partial charge >= 0.3 is 0 Å². The Labute approximate surface area is 230 Å². The van der Waals surface area contributed by atoms with Gasteiger partial charge in [0, 0.05) is 56.6 Å². The third kappa shape index (κ3) is 6.81. The largest absolute Gasteiger partial charge is 0.367 e. The van der Waals surface area contributed by atoms with Gasteiger partial charge in [0.15, 0.2) is 10.00 Å². The minimum Gasteiger partial charge on any atom is -0.367 e. The molecule has 1 saturated carbocycles.